The first-order valence-corrected chi connectivity index (χ1v) is 7.39. The molecule has 0 aromatic heterocycles. The first-order chi connectivity index (χ1) is 10.1. The Balaban J connectivity index is 1.89. The quantitative estimate of drug-likeness (QED) is 0.862. The zero-order chi connectivity index (χ0) is 14.8. The highest BCUT2D eigenvalue weighted by atomic mass is 35.5. The van der Waals surface area contributed by atoms with E-state index in [9.17, 15) is 9.18 Å². The van der Waals surface area contributed by atoms with E-state index in [0.717, 1.165) is 31.2 Å². The van der Waals surface area contributed by atoms with Crippen LogP contribution >= 0.6 is 11.6 Å². The minimum absolute atomic E-state index is 0.213. The zero-order valence-corrected chi connectivity index (χ0v) is 12.2. The summed E-state index contributed by atoms with van der Waals surface area (Å²) in [4.78, 5) is 12.4. The summed E-state index contributed by atoms with van der Waals surface area (Å²) in [5.74, 6) is -0.677. The van der Waals surface area contributed by atoms with Crippen molar-refractivity contribution in [2.75, 3.05) is 5.32 Å². The van der Waals surface area contributed by atoms with Crippen molar-refractivity contribution in [1.82, 2.24) is 0 Å². The Morgan fingerprint density at radius 2 is 1.95 bits per heavy atom. The lowest BCUT2D eigenvalue weighted by atomic mass is 9.88. The van der Waals surface area contributed by atoms with Gasteiger partial charge in [0.05, 0.1) is 0 Å². The third-order valence-corrected chi connectivity index (χ3v) is 3.98. The van der Waals surface area contributed by atoms with Crippen molar-refractivity contribution in [2.45, 2.75) is 25.7 Å². The number of anilines is 1. The SMILES string of the molecule is O=C(Nc1cc(F)cc(Cl)c1)c1cccc2c1CCCC2. The Morgan fingerprint density at radius 1 is 1.14 bits per heavy atom. The van der Waals surface area contributed by atoms with Crippen LogP contribution in [0.5, 0.6) is 0 Å². The second kappa shape index (κ2) is 5.86. The first-order valence-electron chi connectivity index (χ1n) is 7.02. The molecule has 0 saturated heterocycles. The zero-order valence-electron chi connectivity index (χ0n) is 11.5. The first kappa shape index (κ1) is 14.1. The fourth-order valence-electron chi connectivity index (χ4n) is 2.82. The van der Waals surface area contributed by atoms with E-state index in [1.165, 1.54) is 23.8 Å². The van der Waals surface area contributed by atoms with E-state index in [4.69, 9.17) is 11.6 Å². The normalized spacial score (nSPS) is 13.6. The van der Waals surface area contributed by atoms with E-state index in [0.29, 0.717) is 11.3 Å². The molecule has 2 aromatic carbocycles. The molecule has 0 bridgehead atoms. The van der Waals surface area contributed by atoms with E-state index in [1.54, 1.807) is 0 Å². The number of fused-ring (bicyclic) bond motifs is 1. The molecule has 1 aliphatic rings. The highest BCUT2D eigenvalue weighted by Gasteiger charge is 2.17. The van der Waals surface area contributed by atoms with E-state index in [2.05, 4.69) is 11.4 Å². The van der Waals surface area contributed by atoms with Gasteiger partial charge in [0.2, 0.25) is 0 Å². The summed E-state index contributed by atoms with van der Waals surface area (Å²) >= 11 is 5.80. The molecular formula is C17H15ClFNO. The van der Waals surface area contributed by atoms with Gasteiger partial charge in [-0.15, -0.1) is 0 Å². The summed E-state index contributed by atoms with van der Waals surface area (Å²) in [5, 5.41) is 2.99. The van der Waals surface area contributed by atoms with Crippen LogP contribution < -0.4 is 5.32 Å². The Labute approximate surface area is 127 Å². The molecule has 0 heterocycles. The van der Waals surface area contributed by atoms with Crippen LogP contribution in [0.15, 0.2) is 36.4 Å². The number of hydrogen-bond acceptors (Lipinski definition) is 1. The van der Waals surface area contributed by atoms with Gasteiger partial charge in [0, 0.05) is 16.3 Å². The number of carbonyl (C=O) groups is 1. The minimum Gasteiger partial charge on any atom is -0.322 e. The monoisotopic (exact) mass is 303 g/mol. The second-order valence-electron chi connectivity index (χ2n) is 5.26. The van der Waals surface area contributed by atoms with E-state index < -0.39 is 5.82 Å². The molecule has 2 aromatic rings. The molecule has 0 radical (unpaired) electrons. The van der Waals surface area contributed by atoms with Gasteiger partial charge in [-0.3, -0.25) is 4.79 Å². The molecule has 1 aliphatic carbocycles. The fourth-order valence-corrected chi connectivity index (χ4v) is 3.04. The Kier molecular flexibility index (Phi) is 3.93. The van der Waals surface area contributed by atoms with Crippen LogP contribution in [-0.4, -0.2) is 5.91 Å². The highest BCUT2D eigenvalue weighted by Crippen LogP contribution is 2.25. The summed E-state index contributed by atoms with van der Waals surface area (Å²) in [6.45, 7) is 0. The summed E-state index contributed by atoms with van der Waals surface area (Å²) in [6.07, 6.45) is 4.20. The maximum Gasteiger partial charge on any atom is 0.255 e. The fraction of sp³-hybridized carbons (Fsp3) is 0.235. The lowest BCUT2D eigenvalue weighted by Crippen LogP contribution is -2.17. The van der Waals surface area contributed by atoms with Gasteiger partial charge in [0.15, 0.2) is 0 Å². The van der Waals surface area contributed by atoms with Crippen molar-refractivity contribution in [1.29, 1.82) is 0 Å². The van der Waals surface area contributed by atoms with Gasteiger partial charge in [0.25, 0.3) is 5.91 Å². The van der Waals surface area contributed by atoms with Gasteiger partial charge in [0.1, 0.15) is 5.82 Å². The molecule has 0 aliphatic heterocycles. The molecule has 0 spiro atoms. The number of carbonyl (C=O) groups excluding carboxylic acids is 1. The Morgan fingerprint density at radius 3 is 2.76 bits per heavy atom. The summed E-state index contributed by atoms with van der Waals surface area (Å²) in [6, 6.07) is 9.81. The van der Waals surface area contributed by atoms with Crippen molar-refractivity contribution in [3.63, 3.8) is 0 Å². The number of nitrogens with one attached hydrogen (secondary N) is 1. The molecule has 1 N–H and O–H groups in total. The van der Waals surface area contributed by atoms with Crippen LogP contribution in [0.2, 0.25) is 5.02 Å². The molecular weight excluding hydrogens is 289 g/mol. The van der Waals surface area contributed by atoms with Crippen molar-refractivity contribution < 1.29 is 9.18 Å². The largest absolute Gasteiger partial charge is 0.322 e. The lowest BCUT2D eigenvalue weighted by molar-refractivity contribution is 0.102. The van der Waals surface area contributed by atoms with Crippen LogP contribution in [0.4, 0.5) is 10.1 Å². The second-order valence-corrected chi connectivity index (χ2v) is 5.70. The van der Waals surface area contributed by atoms with Crippen LogP contribution in [0.1, 0.15) is 34.3 Å². The average Bonchev–Trinajstić information content (AvgIpc) is 2.45. The number of rotatable bonds is 2. The number of benzene rings is 2. The summed E-state index contributed by atoms with van der Waals surface area (Å²) < 4.78 is 13.3. The number of hydrogen-bond donors (Lipinski definition) is 1. The Bertz CT molecular complexity index is 679. The third kappa shape index (κ3) is 3.08. The van der Waals surface area contributed by atoms with Crippen LogP contribution in [0.3, 0.4) is 0 Å². The third-order valence-electron chi connectivity index (χ3n) is 3.76. The molecule has 0 atom stereocenters. The molecule has 0 saturated carbocycles. The molecule has 1 amide bonds. The van der Waals surface area contributed by atoms with Crippen LogP contribution in [0.25, 0.3) is 0 Å². The summed E-state index contributed by atoms with van der Waals surface area (Å²) in [7, 11) is 0. The predicted octanol–water partition coefficient (Wildman–Crippen LogP) is 4.61. The Hall–Kier alpha value is -1.87. The molecule has 2 nitrogen and oxygen atoms in total. The molecule has 108 valence electrons. The van der Waals surface area contributed by atoms with Crippen LogP contribution in [0, 0.1) is 5.82 Å². The molecule has 3 rings (SSSR count). The predicted molar refractivity (Wildman–Crippen MR) is 82.4 cm³/mol. The maximum atomic E-state index is 13.3. The van der Waals surface area contributed by atoms with Crippen molar-refractivity contribution in [3.05, 3.63) is 63.9 Å². The van der Waals surface area contributed by atoms with Gasteiger partial charge < -0.3 is 5.32 Å². The van der Waals surface area contributed by atoms with Gasteiger partial charge in [-0.2, -0.15) is 0 Å². The lowest BCUT2D eigenvalue weighted by Gasteiger charge is -2.19. The number of aryl methyl sites for hydroxylation is 1. The van der Waals surface area contributed by atoms with Gasteiger partial charge >= 0.3 is 0 Å². The topological polar surface area (TPSA) is 29.1 Å². The summed E-state index contributed by atoms with van der Waals surface area (Å²) in [5.41, 5.74) is 3.40. The average molecular weight is 304 g/mol. The maximum absolute atomic E-state index is 13.3. The van der Waals surface area contributed by atoms with Crippen molar-refractivity contribution in [2.24, 2.45) is 0 Å². The minimum atomic E-state index is -0.465. The standard InChI is InChI=1S/C17H15ClFNO/c18-12-8-13(19)10-14(9-12)20-17(21)16-7-3-5-11-4-1-2-6-15(11)16/h3,5,7-10H,1-2,4,6H2,(H,20,21). The van der Waals surface area contributed by atoms with Crippen molar-refractivity contribution >= 4 is 23.2 Å². The smallest absolute Gasteiger partial charge is 0.255 e. The molecule has 4 heteroatoms. The molecule has 0 unspecified atom stereocenters. The van der Waals surface area contributed by atoms with Gasteiger partial charge in [-0.25, -0.2) is 4.39 Å². The van der Waals surface area contributed by atoms with E-state index in [-0.39, 0.29) is 10.9 Å². The number of amides is 1. The van der Waals surface area contributed by atoms with E-state index >= 15 is 0 Å². The molecule has 0 fully saturated rings. The van der Waals surface area contributed by atoms with Gasteiger partial charge in [-0.1, -0.05) is 23.7 Å². The van der Waals surface area contributed by atoms with Crippen molar-refractivity contribution in [3.8, 4) is 0 Å². The van der Waals surface area contributed by atoms with Gasteiger partial charge in [-0.05, 0) is 61.1 Å². The van der Waals surface area contributed by atoms with Crippen LogP contribution in [-0.2, 0) is 12.8 Å². The van der Waals surface area contributed by atoms with E-state index in [1.807, 2.05) is 12.1 Å². The number of halogens is 2. The highest BCUT2D eigenvalue weighted by molar-refractivity contribution is 6.31. The molecule has 21 heavy (non-hydrogen) atoms.